The molecule has 22 heavy (non-hydrogen) atoms. The second kappa shape index (κ2) is 5.98. The zero-order valence-electron chi connectivity index (χ0n) is 12.7. The molecule has 3 rings (SSSR count). The minimum Gasteiger partial charge on any atom is -0.350 e. The predicted molar refractivity (Wildman–Crippen MR) is 89.0 cm³/mol. The molecule has 2 aromatic rings. The third kappa shape index (κ3) is 2.70. The van der Waals surface area contributed by atoms with Crippen LogP contribution in [0.15, 0.2) is 70.9 Å². The lowest BCUT2D eigenvalue weighted by atomic mass is 9.90. The zero-order chi connectivity index (χ0) is 15.5. The molecular weight excluding hydrogens is 272 g/mol. The van der Waals surface area contributed by atoms with Gasteiger partial charge in [-0.05, 0) is 19.4 Å². The third-order valence-electron chi connectivity index (χ3n) is 3.86. The smallest absolute Gasteiger partial charge is 0.193 e. The van der Waals surface area contributed by atoms with Gasteiger partial charge in [0.25, 0.3) is 0 Å². The summed E-state index contributed by atoms with van der Waals surface area (Å²) in [5.74, 6) is 0.0238. The van der Waals surface area contributed by atoms with E-state index in [2.05, 4.69) is 10.3 Å². The Bertz CT molecular complexity index is 743. The molecule has 1 aliphatic rings. The summed E-state index contributed by atoms with van der Waals surface area (Å²) in [4.78, 5) is 17.4. The van der Waals surface area contributed by atoms with Gasteiger partial charge in [0.2, 0.25) is 0 Å². The Labute approximate surface area is 130 Å². The summed E-state index contributed by atoms with van der Waals surface area (Å²) in [7, 11) is 0. The van der Waals surface area contributed by atoms with Gasteiger partial charge >= 0.3 is 0 Å². The van der Waals surface area contributed by atoms with Gasteiger partial charge in [-0.25, -0.2) is 0 Å². The lowest BCUT2D eigenvalue weighted by Gasteiger charge is -2.23. The Morgan fingerprint density at radius 2 is 1.68 bits per heavy atom. The van der Waals surface area contributed by atoms with Gasteiger partial charge in [0, 0.05) is 16.8 Å². The molecule has 0 amide bonds. The van der Waals surface area contributed by atoms with Crippen molar-refractivity contribution >= 4 is 12.1 Å². The molecule has 1 heterocycles. The first-order valence-electron chi connectivity index (χ1n) is 7.32. The Balaban J connectivity index is 2.01. The van der Waals surface area contributed by atoms with Gasteiger partial charge in [-0.15, -0.1) is 0 Å². The molecule has 1 aliphatic heterocycles. The van der Waals surface area contributed by atoms with Crippen molar-refractivity contribution in [2.24, 2.45) is 4.99 Å². The van der Waals surface area contributed by atoms with Crippen LogP contribution in [0.1, 0.15) is 34.5 Å². The van der Waals surface area contributed by atoms with Gasteiger partial charge in [-0.3, -0.25) is 9.79 Å². The minimum atomic E-state index is -0.253. The number of hydrogen-bond acceptors (Lipinski definition) is 3. The molecule has 0 saturated heterocycles. The molecule has 3 nitrogen and oxygen atoms in total. The van der Waals surface area contributed by atoms with Crippen LogP contribution in [0.25, 0.3) is 0 Å². The Morgan fingerprint density at radius 3 is 2.36 bits per heavy atom. The van der Waals surface area contributed by atoms with Crippen molar-refractivity contribution in [3.05, 3.63) is 82.6 Å². The fourth-order valence-corrected chi connectivity index (χ4v) is 2.61. The highest BCUT2D eigenvalue weighted by Crippen LogP contribution is 2.31. The van der Waals surface area contributed by atoms with E-state index in [0.29, 0.717) is 11.1 Å². The number of carbonyl (C=O) groups excluding carboxylic acids is 1. The summed E-state index contributed by atoms with van der Waals surface area (Å²) in [6, 6.07) is 17.3. The first-order valence-corrected chi connectivity index (χ1v) is 7.32. The van der Waals surface area contributed by atoms with E-state index in [1.807, 2.05) is 68.4 Å². The normalized spacial score (nSPS) is 17.3. The molecule has 0 saturated carbocycles. The fourth-order valence-electron chi connectivity index (χ4n) is 2.61. The van der Waals surface area contributed by atoms with Crippen molar-refractivity contribution in [3.63, 3.8) is 0 Å². The molecule has 0 radical (unpaired) electrons. The number of nitrogens with zero attached hydrogens (tertiary/aromatic N) is 1. The van der Waals surface area contributed by atoms with E-state index in [1.54, 1.807) is 6.34 Å². The van der Waals surface area contributed by atoms with Crippen molar-refractivity contribution in [1.29, 1.82) is 0 Å². The van der Waals surface area contributed by atoms with Crippen LogP contribution in [0.3, 0.4) is 0 Å². The first kappa shape index (κ1) is 14.3. The van der Waals surface area contributed by atoms with Crippen LogP contribution >= 0.6 is 0 Å². The van der Waals surface area contributed by atoms with Crippen LogP contribution in [0, 0.1) is 6.92 Å². The Morgan fingerprint density at radius 1 is 1.00 bits per heavy atom. The summed E-state index contributed by atoms with van der Waals surface area (Å²) in [5.41, 5.74) is 4.42. The summed E-state index contributed by atoms with van der Waals surface area (Å²) in [5, 5.41) is 3.06. The topological polar surface area (TPSA) is 41.5 Å². The van der Waals surface area contributed by atoms with Gasteiger partial charge in [-0.1, -0.05) is 60.2 Å². The molecule has 2 aromatic carbocycles. The zero-order valence-corrected chi connectivity index (χ0v) is 12.7. The highest BCUT2D eigenvalue weighted by molar-refractivity contribution is 6.10. The number of allylic oxidation sites excluding steroid dienone is 1. The number of rotatable bonds is 3. The number of aliphatic imine (C=N–C) groups is 1. The molecule has 110 valence electrons. The van der Waals surface area contributed by atoms with E-state index in [-0.39, 0.29) is 11.8 Å². The SMILES string of the molecule is CC1=C(C(=O)c2ccc(C)cc2)C(c2ccccc2)N=CN1. The van der Waals surface area contributed by atoms with E-state index in [4.69, 9.17) is 0 Å². The van der Waals surface area contributed by atoms with E-state index >= 15 is 0 Å². The molecule has 0 aliphatic carbocycles. The molecule has 1 atom stereocenters. The van der Waals surface area contributed by atoms with Gasteiger partial charge in [0.1, 0.15) is 6.04 Å². The second-order valence-corrected chi connectivity index (χ2v) is 5.47. The molecule has 1 unspecified atom stereocenters. The number of hydrogen-bond donors (Lipinski definition) is 1. The minimum absolute atomic E-state index is 0.0238. The summed E-state index contributed by atoms with van der Waals surface area (Å²) < 4.78 is 0. The molecule has 0 aromatic heterocycles. The van der Waals surface area contributed by atoms with E-state index in [1.165, 1.54) is 0 Å². The van der Waals surface area contributed by atoms with Crippen LogP contribution in [0.4, 0.5) is 0 Å². The summed E-state index contributed by atoms with van der Waals surface area (Å²) in [6.45, 7) is 3.93. The molecular formula is C19H18N2O. The largest absolute Gasteiger partial charge is 0.350 e. The number of benzene rings is 2. The molecule has 0 bridgehead atoms. The average molecular weight is 290 g/mol. The maximum absolute atomic E-state index is 12.9. The van der Waals surface area contributed by atoms with Crippen molar-refractivity contribution in [1.82, 2.24) is 5.32 Å². The van der Waals surface area contributed by atoms with E-state index in [9.17, 15) is 4.79 Å². The maximum Gasteiger partial charge on any atom is 0.193 e. The van der Waals surface area contributed by atoms with Crippen LogP contribution < -0.4 is 5.32 Å². The van der Waals surface area contributed by atoms with Gasteiger partial charge in [0.15, 0.2) is 5.78 Å². The third-order valence-corrected chi connectivity index (χ3v) is 3.86. The number of aryl methyl sites for hydroxylation is 1. The Kier molecular flexibility index (Phi) is 3.88. The van der Waals surface area contributed by atoms with Crippen LogP contribution in [-0.4, -0.2) is 12.1 Å². The second-order valence-electron chi connectivity index (χ2n) is 5.47. The van der Waals surface area contributed by atoms with Crippen molar-refractivity contribution in [2.45, 2.75) is 19.9 Å². The van der Waals surface area contributed by atoms with Gasteiger partial charge < -0.3 is 5.32 Å². The number of ketones is 1. The molecule has 1 N–H and O–H groups in total. The van der Waals surface area contributed by atoms with E-state index in [0.717, 1.165) is 16.8 Å². The monoisotopic (exact) mass is 290 g/mol. The maximum atomic E-state index is 12.9. The molecule has 0 fully saturated rings. The van der Waals surface area contributed by atoms with Gasteiger partial charge in [-0.2, -0.15) is 0 Å². The van der Waals surface area contributed by atoms with Crippen molar-refractivity contribution in [2.75, 3.05) is 0 Å². The van der Waals surface area contributed by atoms with Crippen LogP contribution in [-0.2, 0) is 0 Å². The highest BCUT2D eigenvalue weighted by atomic mass is 16.1. The lowest BCUT2D eigenvalue weighted by molar-refractivity contribution is 0.102. The first-order chi connectivity index (χ1) is 10.7. The average Bonchev–Trinajstić information content (AvgIpc) is 2.55. The fraction of sp³-hybridized carbons (Fsp3) is 0.158. The standard InChI is InChI=1S/C19H18N2O/c1-13-8-10-16(11-9-13)19(22)17-14(2)20-12-21-18(17)15-6-4-3-5-7-15/h3-12,18H,1-2H3,(H,20,21). The van der Waals surface area contributed by atoms with E-state index < -0.39 is 0 Å². The van der Waals surface area contributed by atoms with Crippen LogP contribution in [0.2, 0.25) is 0 Å². The quantitative estimate of drug-likeness (QED) is 0.873. The van der Waals surface area contributed by atoms with Crippen molar-refractivity contribution in [3.8, 4) is 0 Å². The van der Waals surface area contributed by atoms with Gasteiger partial charge in [0.05, 0.1) is 6.34 Å². The lowest BCUT2D eigenvalue weighted by Crippen LogP contribution is -2.24. The summed E-state index contributed by atoms with van der Waals surface area (Å²) in [6.07, 6.45) is 1.67. The highest BCUT2D eigenvalue weighted by Gasteiger charge is 2.27. The number of nitrogens with one attached hydrogen (secondary N) is 1. The van der Waals surface area contributed by atoms with Crippen molar-refractivity contribution < 1.29 is 4.79 Å². The number of carbonyl (C=O) groups is 1. The summed E-state index contributed by atoms with van der Waals surface area (Å²) >= 11 is 0. The Hall–Kier alpha value is -2.68. The predicted octanol–water partition coefficient (Wildman–Crippen LogP) is 3.82. The number of Topliss-reactive ketones (excluding diaryl/α,β-unsaturated/α-hetero) is 1. The molecule has 0 spiro atoms. The van der Waals surface area contributed by atoms with Crippen LogP contribution in [0.5, 0.6) is 0 Å². The molecule has 3 heteroatoms.